The number of hydrogen-bond acceptors (Lipinski definition) is 20. The van der Waals surface area contributed by atoms with Crippen molar-refractivity contribution in [3.8, 4) is 0 Å². The highest BCUT2D eigenvalue weighted by Gasteiger charge is 2.35. The summed E-state index contributed by atoms with van der Waals surface area (Å²) in [7, 11) is 2.85. The minimum atomic E-state index is -2.37. The van der Waals surface area contributed by atoms with Crippen LogP contribution in [0.15, 0.2) is 0 Å². The number of aliphatic hydroxyl groups is 6. The van der Waals surface area contributed by atoms with Gasteiger partial charge in [-0.25, -0.2) is 28.8 Å². The average molecular weight is 675 g/mol. The lowest BCUT2D eigenvalue weighted by Crippen LogP contribution is -2.42. The molecule has 0 fully saturated rings. The molecule has 6 atom stereocenters. The van der Waals surface area contributed by atoms with Crippen LogP contribution in [0.25, 0.3) is 0 Å². The summed E-state index contributed by atoms with van der Waals surface area (Å²) in [6.45, 7) is -1.57. The molecule has 0 unspecified atom stereocenters. The molecule has 0 amide bonds. The van der Waals surface area contributed by atoms with E-state index in [2.05, 4.69) is 28.4 Å². The first-order valence-corrected chi connectivity index (χ1v) is 13.9. The van der Waals surface area contributed by atoms with Crippen LogP contribution in [-0.2, 0) is 66.7 Å². The standard InChI is InChI=1S/C26H42O20/c1-39-7-3-9-41-21(33)15(27)17(29)23(35)43-11-5-13-45-25(37)19(31)20(32)26(38)46-14-6-12-44-24(36)18(30)16(28)22(34)42-10-4-8-40-2/h15-20,27-32H,3-14H2,1-2H3/t15-,16-,17-,18-,19-,20-/m1/s1. The molecule has 0 aromatic rings. The SMILES string of the molecule is COCCCOC(=O)[C@H](O)[C@@H](O)C(=O)OCCCOC(=O)[C@H](O)[C@@H](O)C(=O)OCCCOC(=O)[C@H](O)[C@@H](O)C(=O)OCCCOC. The van der Waals surface area contributed by atoms with Gasteiger partial charge in [0.25, 0.3) is 0 Å². The maximum Gasteiger partial charge on any atom is 0.338 e. The Labute approximate surface area is 263 Å². The van der Waals surface area contributed by atoms with Crippen molar-refractivity contribution < 1.29 is 97.3 Å². The lowest BCUT2D eigenvalue weighted by atomic mass is 10.2. The molecule has 0 spiro atoms. The molecular formula is C26H42O20. The van der Waals surface area contributed by atoms with Crippen LogP contribution in [0, 0.1) is 0 Å². The minimum Gasteiger partial charge on any atom is -0.464 e. The Balaban J connectivity index is 4.24. The summed E-state index contributed by atoms with van der Waals surface area (Å²) < 4.78 is 37.4. The molecule has 0 saturated heterocycles. The number of ether oxygens (including phenoxy) is 8. The molecule has 0 aromatic heterocycles. The monoisotopic (exact) mass is 674 g/mol. The highest BCUT2D eigenvalue weighted by molar-refractivity contribution is 5.86. The van der Waals surface area contributed by atoms with Crippen molar-refractivity contribution in [2.45, 2.75) is 62.3 Å². The van der Waals surface area contributed by atoms with Crippen LogP contribution < -0.4 is 0 Å². The highest BCUT2D eigenvalue weighted by atomic mass is 16.6. The Morgan fingerprint density at radius 1 is 0.348 bits per heavy atom. The highest BCUT2D eigenvalue weighted by Crippen LogP contribution is 2.05. The average Bonchev–Trinajstić information content (AvgIpc) is 3.05. The number of esters is 6. The van der Waals surface area contributed by atoms with Gasteiger partial charge in [0.15, 0.2) is 36.6 Å². The summed E-state index contributed by atoms with van der Waals surface area (Å²) in [5.41, 5.74) is 0. The molecule has 0 bridgehead atoms. The quantitative estimate of drug-likeness (QED) is 0.0301. The molecule has 20 heteroatoms. The summed E-state index contributed by atoms with van der Waals surface area (Å²) in [4.78, 5) is 70.5. The van der Waals surface area contributed by atoms with Crippen molar-refractivity contribution in [2.75, 3.05) is 67.1 Å². The van der Waals surface area contributed by atoms with Gasteiger partial charge in [-0.3, -0.25) is 0 Å². The van der Waals surface area contributed by atoms with Crippen molar-refractivity contribution >= 4 is 35.8 Å². The first-order chi connectivity index (χ1) is 21.8. The van der Waals surface area contributed by atoms with Gasteiger partial charge in [-0.15, -0.1) is 0 Å². The van der Waals surface area contributed by atoms with Crippen molar-refractivity contribution in [3.63, 3.8) is 0 Å². The number of methoxy groups -OCH3 is 2. The minimum absolute atomic E-state index is 0.122. The maximum absolute atomic E-state index is 11.9. The third-order valence-electron chi connectivity index (χ3n) is 5.38. The zero-order valence-corrected chi connectivity index (χ0v) is 25.3. The number of carbonyl (C=O) groups excluding carboxylic acids is 6. The first kappa shape index (κ1) is 42.5. The third-order valence-corrected chi connectivity index (χ3v) is 5.38. The number of carbonyl (C=O) groups is 6. The number of rotatable bonds is 25. The van der Waals surface area contributed by atoms with Crippen LogP contribution in [0.2, 0.25) is 0 Å². The predicted molar refractivity (Wildman–Crippen MR) is 144 cm³/mol. The fourth-order valence-electron chi connectivity index (χ4n) is 2.85. The zero-order chi connectivity index (χ0) is 35.1. The third kappa shape index (κ3) is 17.3. The van der Waals surface area contributed by atoms with E-state index in [1.807, 2.05) is 0 Å². The van der Waals surface area contributed by atoms with E-state index in [4.69, 9.17) is 9.47 Å². The second-order valence-electron chi connectivity index (χ2n) is 9.07. The van der Waals surface area contributed by atoms with Gasteiger partial charge in [-0.1, -0.05) is 0 Å². The summed E-state index contributed by atoms with van der Waals surface area (Å²) >= 11 is 0. The van der Waals surface area contributed by atoms with Gasteiger partial charge < -0.3 is 68.5 Å². The Hall–Kier alpha value is -3.50. The molecule has 46 heavy (non-hydrogen) atoms. The van der Waals surface area contributed by atoms with E-state index in [1.54, 1.807) is 0 Å². The molecule has 0 aliphatic rings. The largest absolute Gasteiger partial charge is 0.464 e. The van der Waals surface area contributed by atoms with E-state index in [9.17, 15) is 59.4 Å². The van der Waals surface area contributed by atoms with E-state index < -0.39 is 98.9 Å². The van der Waals surface area contributed by atoms with Gasteiger partial charge in [-0.05, 0) is 0 Å². The molecule has 6 N–H and O–H groups in total. The Kier molecular flexibility index (Phi) is 22.8. The molecule has 0 aliphatic heterocycles. The fraction of sp³-hybridized carbons (Fsp3) is 0.769. The van der Waals surface area contributed by atoms with Gasteiger partial charge in [0, 0.05) is 53.1 Å². The number of aliphatic hydroxyl groups excluding tert-OH is 6. The summed E-state index contributed by atoms with van der Waals surface area (Å²) in [6, 6.07) is 0. The van der Waals surface area contributed by atoms with Crippen molar-refractivity contribution in [2.24, 2.45) is 0 Å². The molecule has 0 heterocycles. The van der Waals surface area contributed by atoms with E-state index >= 15 is 0 Å². The lowest BCUT2D eigenvalue weighted by molar-refractivity contribution is -0.176. The summed E-state index contributed by atoms with van der Waals surface area (Å²) in [5.74, 6) is -8.15. The Bertz CT molecular complexity index is 866. The topological polar surface area (TPSA) is 298 Å². The van der Waals surface area contributed by atoms with Crippen LogP contribution >= 0.6 is 0 Å². The van der Waals surface area contributed by atoms with E-state index in [-0.39, 0.29) is 39.3 Å². The van der Waals surface area contributed by atoms with E-state index in [1.165, 1.54) is 14.2 Å². The number of hydrogen-bond donors (Lipinski definition) is 6. The van der Waals surface area contributed by atoms with E-state index in [0.29, 0.717) is 12.8 Å². The van der Waals surface area contributed by atoms with Gasteiger partial charge in [0.2, 0.25) is 0 Å². The Morgan fingerprint density at radius 2 is 0.500 bits per heavy atom. The van der Waals surface area contributed by atoms with Crippen LogP contribution in [0.4, 0.5) is 0 Å². The summed E-state index contributed by atoms with van der Waals surface area (Å²) in [5, 5.41) is 58.4. The van der Waals surface area contributed by atoms with Gasteiger partial charge in [0.05, 0.1) is 39.6 Å². The summed E-state index contributed by atoms with van der Waals surface area (Å²) in [6.07, 6.45) is -13.4. The van der Waals surface area contributed by atoms with Crippen molar-refractivity contribution in [3.05, 3.63) is 0 Å². The molecule has 266 valence electrons. The molecule has 0 rings (SSSR count). The normalized spacial score (nSPS) is 14.9. The molecular weight excluding hydrogens is 632 g/mol. The van der Waals surface area contributed by atoms with Crippen LogP contribution in [0.1, 0.15) is 25.7 Å². The van der Waals surface area contributed by atoms with E-state index in [0.717, 1.165) is 0 Å². The van der Waals surface area contributed by atoms with Gasteiger partial charge in [-0.2, -0.15) is 0 Å². The molecule has 0 aromatic carbocycles. The molecule has 0 saturated carbocycles. The van der Waals surface area contributed by atoms with Crippen LogP contribution in [-0.4, -0.2) is 170 Å². The molecule has 0 radical (unpaired) electrons. The molecule has 20 nitrogen and oxygen atoms in total. The first-order valence-electron chi connectivity index (χ1n) is 13.9. The smallest absolute Gasteiger partial charge is 0.338 e. The second kappa shape index (κ2) is 24.7. The van der Waals surface area contributed by atoms with Gasteiger partial charge >= 0.3 is 35.8 Å². The van der Waals surface area contributed by atoms with Crippen LogP contribution in [0.3, 0.4) is 0 Å². The maximum atomic E-state index is 11.9. The fourth-order valence-corrected chi connectivity index (χ4v) is 2.85. The Morgan fingerprint density at radius 3 is 0.652 bits per heavy atom. The van der Waals surface area contributed by atoms with Gasteiger partial charge in [0.1, 0.15) is 0 Å². The lowest BCUT2D eigenvalue weighted by Gasteiger charge is -2.17. The van der Waals surface area contributed by atoms with Crippen molar-refractivity contribution in [1.82, 2.24) is 0 Å². The van der Waals surface area contributed by atoms with Crippen molar-refractivity contribution in [1.29, 1.82) is 0 Å². The van der Waals surface area contributed by atoms with Crippen LogP contribution in [0.5, 0.6) is 0 Å². The predicted octanol–water partition coefficient (Wildman–Crippen LogP) is -4.74. The zero-order valence-electron chi connectivity index (χ0n) is 25.3. The molecule has 0 aliphatic carbocycles. The second-order valence-corrected chi connectivity index (χ2v) is 9.07.